The molecule has 0 bridgehead atoms. The molecule has 1 atom stereocenters. The zero-order chi connectivity index (χ0) is 25.7. The van der Waals surface area contributed by atoms with Gasteiger partial charge in [-0.2, -0.15) is 0 Å². The number of methoxy groups -OCH3 is 1. The molecule has 1 unspecified atom stereocenters. The van der Waals surface area contributed by atoms with E-state index < -0.39 is 34.4 Å². The van der Waals surface area contributed by atoms with Crippen molar-refractivity contribution < 1.29 is 39.4 Å². The van der Waals surface area contributed by atoms with E-state index >= 15 is 0 Å². The average molecular weight is 484 g/mol. The molecule has 11 nitrogen and oxygen atoms in total. The van der Waals surface area contributed by atoms with E-state index in [0.29, 0.717) is 24.8 Å². The molecular weight excluding hydrogens is 460 g/mol. The zero-order valence-corrected chi connectivity index (χ0v) is 18.8. The molecule has 0 spiro atoms. The number of carbonyl (C=O) groups is 3. The van der Waals surface area contributed by atoms with E-state index in [9.17, 15) is 34.7 Å². The van der Waals surface area contributed by atoms with Crippen LogP contribution in [0.1, 0.15) is 42.9 Å². The molecule has 1 aliphatic heterocycles. The van der Waals surface area contributed by atoms with E-state index in [1.807, 2.05) is 0 Å². The van der Waals surface area contributed by atoms with Gasteiger partial charge in [-0.25, -0.2) is 0 Å². The number of phenolic OH excluding ortho intramolecular Hbond substituents is 1. The Kier molecular flexibility index (Phi) is 7.69. The third kappa shape index (κ3) is 5.40. The first-order chi connectivity index (χ1) is 16.6. The summed E-state index contributed by atoms with van der Waals surface area (Å²) >= 11 is 0. The number of rotatable bonds is 10. The van der Waals surface area contributed by atoms with Crippen LogP contribution < -0.4 is 4.74 Å². The molecule has 11 heteroatoms. The van der Waals surface area contributed by atoms with Crippen molar-refractivity contribution in [1.29, 1.82) is 0 Å². The lowest BCUT2D eigenvalue weighted by Gasteiger charge is -2.25. The van der Waals surface area contributed by atoms with Crippen molar-refractivity contribution in [2.24, 2.45) is 0 Å². The van der Waals surface area contributed by atoms with Crippen LogP contribution in [0.2, 0.25) is 0 Å². The van der Waals surface area contributed by atoms with Gasteiger partial charge in [-0.05, 0) is 42.7 Å². The monoisotopic (exact) mass is 484 g/mol. The molecule has 0 radical (unpaired) electrons. The van der Waals surface area contributed by atoms with E-state index in [0.717, 1.165) is 0 Å². The van der Waals surface area contributed by atoms with E-state index in [2.05, 4.69) is 0 Å². The number of nitrogens with zero attached hydrogens (tertiary/aromatic N) is 2. The molecule has 0 aromatic heterocycles. The number of benzene rings is 2. The number of Topliss-reactive ketones (excluding diaryl/α,β-unsaturated/α-hetero) is 1. The summed E-state index contributed by atoms with van der Waals surface area (Å²) in [7, 11) is 1.34. The minimum Gasteiger partial charge on any atom is -0.507 e. The number of hydrogen-bond donors (Lipinski definition) is 3. The molecule has 0 saturated carbocycles. The van der Waals surface area contributed by atoms with Crippen LogP contribution in [0.4, 0.5) is 5.69 Å². The molecule has 1 amide bonds. The Morgan fingerprint density at radius 2 is 1.77 bits per heavy atom. The first kappa shape index (κ1) is 25.2. The van der Waals surface area contributed by atoms with E-state index in [1.165, 1.54) is 54.5 Å². The number of nitro groups is 1. The van der Waals surface area contributed by atoms with Gasteiger partial charge in [0.15, 0.2) is 11.5 Å². The number of ether oxygens (including phenoxy) is 1. The molecular formula is C24H24N2O9. The van der Waals surface area contributed by atoms with Gasteiger partial charge in [0.1, 0.15) is 5.76 Å². The highest BCUT2D eigenvalue weighted by molar-refractivity contribution is 6.46. The summed E-state index contributed by atoms with van der Waals surface area (Å²) in [6, 6.07) is 8.18. The number of non-ortho nitro benzene ring substituents is 1. The maximum atomic E-state index is 13.0. The Bertz CT molecular complexity index is 1190. The van der Waals surface area contributed by atoms with Crippen molar-refractivity contribution in [2.75, 3.05) is 13.7 Å². The number of aliphatic hydroxyl groups excluding tert-OH is 1. The molecule has 1 saturated heterocycles. The number of aliphatic carboxylic acids is 1. The number of phenols is 1. The van der Waals surface area contributed by atoms with Crippen molar-refractivity contribution in [2.45, 2.75) is 31.7 Å². The van der Waals surface area contributed by atoms with Crippen molar-refractivity contribution >= 4 is 29.1 Å². The van der Waals surface area contributed by atoms with E-state index in [4.69, 9.17) is 9.84 Å². The number of carboxylic acid groups (broad SMARTS) is 1. The number of hydrogen-bond acceptors (Lipinski definition) is 8. The second-order valence-corrected chi connectivity index (χ2v) is 7.93. The molecule has 1 aliphatic rings. The summed E-state index contributed by atoms with van der Waals surface area (Å²) in [5.41, 5.74) is 0.101. The Balaban J connectivity index is 2.04. The van der Waals surface area contributed by atoms with Gasteiger partial charge in [-0.1, -0.05) is 12.5 Å². The van der Waals surface area contributed by atoms with Crippen molar-refractivity contribution in [1.82, 2.24) is 4.90 Å². The SMILES string of the molecule is COc1cc(C2/C(=C(\O)c3ccc([N+](=O)[O-])cc3)C(=O)C(=O)N2CCCCCC(=O)O)ccc1O. The molecule has 184 valence electrons. The lowest BCUT2D eigenvalue weighted by atomic mass is 9.94. The Morgan fingerprint density at radius 1 is 1.09 bits per heavy atom. The van der Waals surface area contributed by atoms with Gasteiger partial charge in [-0.15, -0.1) is 0 Å². The van der Waals surface area contributed by atoms with Crippen molar-refractivity contribution in [3.05, 3.63) is 69.3 Å². The fourth-order valence-corrected chi connectivity index (χ4v) is 3.95. The van der Waals surface area contributed by atoms with Crippen LogP contribution in [0.5, 0.6) is 11.5 Å². The summed E-state index contributed by atoms with van der Waals surface area (Å²) in [4.78, 5) is 48.3. The minimum atomic E-state index is -1.01. The number of nitro benzene ring substituents is 1. The molecule has 3 N–H and O–H groups in total. The second-order valence-electron chi connectivity index (χ2n) is 7.93. The highest BCUT2D eigenvalue weighted by Crippen LogP contribution is 2.42. The van der Waals surface area contributed by atoms with Gasteiger partial charge in [0.05, 0.1) is 23.6 Å². The van der Waals surface area contributed by atoms with Crippen LogP contribution in [0.25, 0.3) is 5.76 Å². The largest absolute Gasteiger partial charge is 0.507 e. The number of ketones is 1. The average Bonchev–Trinajstić information content (AvgIpc) is 3.08. The maximum absolute atomic E-state index is 13.0. The Labute approximate surface area is 200 Å². The molecule has 1 fully saturated rings. The molecule has 35 heavy (non-hydrogen) atoms. The van der Waals surface area contributed by atoms with E-state index in [-0.39, 0.29) is 41.3 Å². The predicted molar refractivity (Wildman–Crippen MR) is 123 cm³/mol. The van der Waals surface area contributed by atoms with Gasteiger partial charge in [0, 0.05) is 30.7 Å². The minimum absolute atomic E-state index is 0.0163. The zero-order valence-electron chi connectivity index (χ0n) is 18.8. The van der Waals surface area contributed by atoms with Gasteiger partial charge >= 0.3 is 5.97 Å². The normalized spacial score (nSPS) is 16.9. The summed E-state index contributed by atoms with van der Waals surface area (Å²) in [5, 5.41) is 40.7. The number of carbonyl (C=O) groups excluding carboxylic acids is 2. The third-order valence-electron chi connectivity index (χ3n) is 5.70. The first-order valence-corrected chi connectivity index (χ1v) is 10.8. The molecule has 0 aliphatic carbocycles. The number of aromatic hydroxyl groups is 1. The van der Waals surface area contributed by atoms with Gasteiger partial charge in [0.2, 0.25) is 0 Å². The predicted octanol–water partition coefficient (Wildman–Crippen LogP) is 3.38. The summed E-state index contributed by atoms with van der Waals surface area (Å²) in [6.45, 7) is 0.120. The lowest BCUT2D eigenvalue weighted by Crippen LogP contribution is -2.30. The summed E-state index contributed by atoms with van der Waals surface area (Å²) in [6.07, 6.45) is 1.31. The first-order valence-electron chi connectivity index (χ1n) is 10.8. The number of amides is 1. The van der Waals surface area contributed by atoms with Crippen LogP contribution in [0, 0.1) is 10.1 Å². The van der Waals surface area contributed by atoms with Gasteiger partial charge in [-0.3, -0.25) is 24.5 Å². The van der Waals surface area contributed by atoms with Crippen LogP contribution in [0.15, 0.2) is 48.0 Å². The standard InChI is InChI=1S/C24H24N2O9/c1-35-18-13-15(8-11-17(18)27)21-20(22(30)14-6-9-16(10-7-14)26(33)34)23(31)24(32)25(21)12-4-2-3-5-19(28)29/h6-11,13,21,27,30H,2-5,12H2,1H3,(H,28,29)/b22-20+. The van der Waals surface area contributed by atoms with Crippen LogP contribution in [0.3, 0.4) is 0 Å². The highest BCUT2D eigenvalue weighted by Gasteiger charge is 2.46. The third-order valence-corrected chi connectivity index (χ3v) is 5.70. The number of aliphatic hydroxyl groups is 1. The number of unbranched alkanes of at least 4 members (excludes halogenated alkanes) is 2. The number of likely N-dealkylation sites (tertiary alicyclic amines) is 1. The molecule has 2 aromatic carbocycles. The summed E-state index contributed by atoms with van der Waals surface area (Å²) < 4.78 is 5.15. The van der Waals surface area contributed by atoms with Crippen molar-refractivity contribution in [3.63, 3.8) is 0 Å². The summed E-state index contributed by atoms with van der Waals surface area (Å²) in [5.74, 6) is -3.25. The fraction of sp³-hybridized carbons (Fsp3) is 0.292. The van der Waals surface area contributed by atoms with Crippen LogP contribution in [-0.2, 0) is 14.4 Å². The second kappa shape index (κ2) is 10.7. The Morgan fingerprint density at radius 3 is 2.37 bits per heavy atom. The van der Waals surface area contributed by atoms with Gasteiger partial charge in [0.25, 0.3) is 17.4 Å². The smallest absolute Gasteiger partial charge is 0.303 e. The molecule has 1 heterocycles. The van der Waals surface area contributed by atoms with Crippen LogP contribution in [-0.4, -0.2) is 56.5 Å². The lowest BCUT2D eigenvalue weighted by molar-refractivity contribution is -0.384. The molecule has 2 aromatic rings. The fourth-order valence-electron chi connectivity index (χ4n) is 3.95. The van der Waals surface area contributed by atoms with E-state index in [1.54, 1.807) is 0 Å². The Hall–Kier alpha value is -4.41. The quantitative estimate of drug-likeness (QED) is 0.114. The topological polar surface area (TPSA) is 168 Å². The van der Waals surface area contributed by atoms with Crippen LogP contribution >= 0.6 is 0 Å². The van der Waals surface area contributed by atoms with Gasteiger partial charge < -0.3 is 25.0 Å². The molecule has 3 rings (SSSR count). The maximum Gasteiger partial charge on any atom is 0.303 e. The number of carboxylic acids is 1. The van der Waals surface area contributed by atoms with Crippen molar-refractivity contribution in [3.8, 4) is 11.5 Å². The highest BCUT2D eigenvalue weighted by atomic mass is 16.6.